The molecule has 5 heteroatoms. The van der Waals surface area contributed by atoms with Gasteiger partial charge in [0.05, 0.1) is 5.56 Å². The van der Waals surface area contributed by atoms with Crippen LogP contribution < -0.4 is 9.47 Å². The number of rotatable bonds is 1. The molecular formula is C8H4ClFO3. The van der Waals surface area contributed by atoms with Crippen LogP contribution in [0.1, 0.15) is 10.4 Å². The normalized spacial score (nSPS) is 18.8. The standard InChI is InChI=1S/C8H4ClFO3/c9-7(11)4-2-1-3-5-6(4)13-8(10)12-5/h1-3,8H. The van der Waals surface area contributed by atoms with Gasteiger partial charge in [-0.25, -0.2) is 0 Å². The number of fused-ring (bicyclic) bond motifs is 1. The topological polar surface area (TPSA) is 35.5 Å². The highest BCUT2D eigenvalue weighted by atomic mass is 35.5. The fourth-order valence-electron chi connectivity index (χ4n) is 1.10. The lowest BCUT2D eigenvalue weighted by atomic mass is 10.2. The molecule has 3 nitrogen and oxygen atoms in total. The molecule has 1 aromatic rings. The summed E-state index contributed by atoms with van der Waals surface area (Å²) in [6.07, 6.45) is 0. The van der Waals surface area contributed by atoms with Crippen molar-refractivity contribution in [1.82, 2.24) is 0 Å². The third kappa shape index (κ3) is 1.33. The van der Waals surface area contributed by atoms with E-state index in [1.807, 2.05) is 0 Å². The van der Waals surface area contributed by atoms with Gasteiger partial charge in [0.2, 0.25) is 0 Å². The molecule has 0 saturated heterocycles. The minimum atomic E-state index is -1.85. The first-order chi connectivity index (χ1) is 6.18. The van der Waals surface area contributed by atoms with Gasteiger partial charge in [0.1, 0.15) is 0 Å². The number of para-hydroxylation sites is 1. The van der Waals surface area contributed by atoms with E-state index in [4.69, 9.17) is 11.6 Å². The van der Waals surface area contributed by atoms with Gasteiger partial charge in [-0.2, -0.15) is 4.39 Å². The Balaban J connectivity index is 2.51. The van der Waals surface area contributed by atoms with Gasteiger partial charge < -0.3 is 9.47 Å². The predicted molar refractivity (Wildman–Crippen MR) is 42.8 cm³/mol. The van der Waals surface area contributed by atoms with E-state index in [1.54, 1.807) is 0 Å². The second-order valence-electron chi connectivity index (χ2n) is 2.42. The summed E-state index contributed by atoms with van der Waals surface area (Å²) in [7, 11) is 0. The van der Waals surface area contributed by atoms with Crippen LogP contribution in [0, 0.1) is 0 Å². The fourth-order valence-corrected chi connectivity index (χ4v) is 1.25. The Morgan fingerprint density at radius 3 is 2.92 bits per heavy atom. The molecule has 1 aromatic carbocycles. The van der Waals surface area contributed by atoms with Gasteiger partial charge in [-0.1, -0.05) is 6.07 Å². The summed E-state index contributed by atoms with van der Waals surface area (Å²) < 4.78 is 21.8. The Bertz CT molecular complexity index is 366. The lowest BCUT2D eigenvalue weighted by Gasteiger charge is -1.99. The molecule has 68 valence electrons. The molecule has 1 heterocycles. The maximum atomic E-state index is 12.6. The molecule has 0 N–H and O–H groups in total. The number of ether oxygens (including phenoxy) is 2. The second-order valence-corrected chi connectivity index (χ2v) is 2.76. The molecule has 2 rings (SSSR count). The lowest BCUT2D eigenvalue weighted by Crippen LogP contribution is -2.09. The minimum Gasteiger partial charge on any atom is -0.425 e. The Morgan fingerprint density at radius 2 is 2.23 bits per heavy atom. The Labute approximate surface area is 78.0 Å². The maximum Gasteiger partial charge on any atom is 0.397 e. The van der Waals surface area contributed by atoms with Crippen molar-refractivity contribution in [3.05, 3.63) is 23.8 Å². The van der Waals surface area contributed by atoms with Crippen LogP contribution in [0.3, 0.4) is 0 Å². The van der Waals surface area contributed by atoms with Gasteiger partial charge in [-0.05, 0) is 23.7 Å². The summed E-state index contributed by atoms with van der Waals surface area (Å²) >= 11 is 5.24. The van der Waals surface area contributed by atoms with Crippen molar-refractivity contribution in [1.29, 1.82) is 0 Å². The monoisotopic (exact) mass is 202 g/mol. The number of alkyl halides is 1. The molecule has 0 aromatic heterocycles. The summed E-state index contributed by atoms with van der Waals surface area (Å²) in [5, 5.41) is -0.699. The average molecular weight is 203 g/mol. The molecule has 0 radical (unpaired) electrons. The molecule has 1 atom stereocenters. The summed E-state index contributed by atoms with van der Waals surface area (Å²) in [6.45, 7) is -1.85. The Hall–Kier alpha value is -1.29. The lowest BCUT2D eigenvalue weighted by molar-refractivity contribution is -0.0653. The van der Waals surface area contributed by atoms with Crippen LogP contribution in [0.15, 0.2) is 18.2 Å². The molecule has 0 fully saturated rings. The third-order valence-electron chi connectivity index (χ3n) is 1.62. The molecule has 1 unspecified atom stereocenters. The van der Waals surface area contributed by atoms with Crippen molar-refractivity contribution in [2.24, 2.45) is 0 Å². The van der Waals surface area contributed by atoms with Crippen molar-refractivity contribution >= 4 is 16.8 Å². The molecule has 0 bridgehead atoms. The van der Waals surface area contributed by atoms with Crippen LogP contribution in [0.25, 0.3) is 0 Å². The van der Waals surface area contributed by atoms with Crippen molar-refractivity contribution in [3.63, 3.8) is 0 Å². The van der Waals surface area contributed by atoms with Gasteiger partial charge in [0, 0.05) is 0 Å². The van der Waals surface area contributed by atoms with Crippen LogP contribution in [0.5, 0.6) is 11.5 Å². The van der Waals surface area contributed by atoms with Crippen LogP contribution >= 0.6 is 11.6 Å². The average Bonchev–Trinajstić information content (AvgIpc) is 2.43. The molecule has 0 amide bonds. The van der Waals surface area contributed by atoms with Gasteiger partial charge in [0.25, 0.3) is 5.24 Å². The molecule has 0 saturated carbocycles. The Kier molecular flexibility index (Phi) is 1.84. The highest BCUT2D eigenvalue weighted by Crippen LogP contribution is 2.38. The van der Waals surface area contributed by atoms with E-state index in [0.717, 1.165) is 0 Å². The second kappa shape index (κ2) is 2.88. The van der Waals surface area contributed by atoms with E-state index in [0.29, 0.717) is 0 Å². The number of hydrogen-bond donors (Lipinski definition) is 0. The first-order valence-electron chi connectivity index (χ1n) is 3.48. The number of carbonyl (C=O) groups excluding carboxylic acids is 1. The molecular weight excluding hydrogens is 199 g/mol. The number of halogens is 2. The quantitative estimate of drug-likeness (QED) is 0.654. The van der Waals surface area contributed by atoms with Crippen LogP contribution in [0.4, 0.5) is 4.39 Å². The van der Waals surface area contributed by atoms with Gasteiger partial charge in [-0.15, -0.1) is 0 Å². The number of benzene rings is 1. The summed E-state index contributed by atoms with van der Waals surface area (Å²) in [5.41, 5.74) is 0.110. The molecule has 0 aliphatic carbocycles. The van der Waals surface area contributed by atoms with Crippen LogP contribution in [-0.4, -0.2) is 11.8 Å². The Morgan fingerprint density at radius 1 is 1.46 bits per heavy atom. The van der Waals surface area contributed by atoms with Gasteiger partial charge >= 0.3 is 6.54 Å². The van der Waals surface area contributed by atoms with E-state index in [2.05, 4.69) is 9.47 Å². The van der Waals surface area contributed by atoms with Gasteiger partial charge in [0.15, 0.2) is 11.5 Å². The van der Waals surface area contributed by atoms with Crippen molar-refractivity contribution in [2.75, 3.05) is 0 Å². The largest absolute Gasteiger partial charge is 0.425 e. The third-order valence-corrected chi connectivity index (χ3v) is 1.82. The SMILES string of the molecule is O=C(Cl)c1cccc2c1OC(F)O2. The number of hydrogen-bond acceptors (Lipinski definition) is 3. The number of carbonyl (C=O) groups is 1. The zero-order chi connectivity index (χ0) is 9.42. The van der Waals surface area contributed by atoms with E-state index in [1.165, 1.54) is 18.2 Å². The summed E-state index contributed by atoms with van der Waals surface area (Å²) in [5.74, 6) is 0.258. The first kappa shape index (κ1) is 8.31. The van der Waals surface area contributed by atoms with Crippen molar-refractivity contribution in [2.45, 2.75) is 6.54 Å². The van der Waals surface area contributed by atoms with E-state index in [-0.39, 0.29) is 17.1 Å². The minimum absolute atomic E-state index is 0.0648. The fraction of sp³-hybridized carbons (Fsp3) is 0.125. The highest BCUT2D eigenvalue weighted by Gasteiger charge is 2.27. The summed E-state index contributed by atoms with van der Waals surface area (Å²) in [4.78, 5) is 10.8. The first-order valence-corrected chi connectivity index (χ1v) is 3.86. The van der Waals surface area contributed by atoms with Crippen molar-refractivity contribution in [3.8, 4) is 11.5 Å². The van der Waals surface area contributed by atoms with E-state index < -0.39 is 11.8 Å². The highest BCUT2D eigenvalue weighted by molar-refractivity contribution is 6.68. The predicted octanol–water partition coefficient (Wildman–Crippen LogP) is 2.09. The molecule has 13 heavy (non-hydrogen) atoms. The molecule has 1 aliphatic rings. The van der Waals surface area contributed by atoms with Crippen molar-refractivity contribution < 1.29 is 18.7 Å². The van der Waals surface area contributed by atoms with Crippen LogP contribution in [-0.2, 0) is 0 Å². The van der Waals surface area contributed by atoms with Crippen LogP contribution in [0.2, 0.25) is 0 Å². The van der Waals surface area contributed by atoms with E-state index in [9.17, 15) is 9.18 Å². The molecule has 0 spiro atoms. The van der Waals surface area contributed by atoms with Gasteiger partial charge in [-0.3, -0.25) is 4.79 Å². The smallest absolute Gasteiger partial charge is 0.397 e. The molecule has 1 aliphatic heterocycles. The summed E-state index contributed by atoms with van der Waals surface area (Å²) in [6, 6.07) is 4.48. The van der Waals surface area contributed by atoms with E-state index >= 15 is 0 Å². The zero-order valence-corrected chi connectivity index (χ0v) is 7.05. The zero-order valence-electron chi connectivity index (χ0n) is 6.29. The maximum absolute atomic E-state index is 12.6.